The number of piperazine rings is 1. The Morgan fingerprint density at radius 2 is 2.33 bits per heavy atom. The molecule has 0 aromatic carbocycles. The molecule has 1 atom stereocenters. The number of hydrogen-bond acceptors (Lipinski definition) is 3. The molecule has 1 fully saturated rings. The van der Waals surface area contributed by atoms with E-state index in [1.807, 2.05) is 0 Å². The van der Waals surface area contributed by atoms with Gasteiger partial charge in [0.25, 0.3) is 0 Å². The molecule has 0 bridgehead atoms. The van der Waals surface area contributed by atoms with E-state index in [1.54, 1.807) is 6.08 Å². The molecule has 1 heterocycles. The number of carboxylic acid groups (broad SMARTS) is 1. The maximum atomic E-state index is 11.8. The van der Waals surface area contributed by atoms with E-state index in [0.29, 0.717) is 26.1 Å². The average molecular weight is 255 g/mol. The van der Waals surface area contributed by atoms with Crippen molar-refractivity contribution in [3.63, 3.8) is 0 Å². The molecule has 1 aliphatic rings. The van der Waals surface area contributed by atoms with Crippen LogP contribution in [0.15, 0.2) is 12.7 Å². The summed E-state index contributed by atoms with van der Waals surface area (Å²) in [7, 11) is 0. The van der Waals surface area contributed by atoms with Crippen molar-refractivity contribution in [1.29, 1.82) is 0 Å². The van der Waals surface area contributed by atoms with Crippen molar-refractivity contribution >= 4 is 17.9 Å². The summed E-state index contributed by atoms with van der Waals surface area (Å²) >= 11 is 0. The fourth-order valence-electron chi connectivity index (χ4n) is 1.71. The Labute approximate surface area is 105 Å². The molecule has 3 amide bonds. The molecule has 0 radical (unpaired) electrons. The van der Waals surface area contributed by atoms with E-state index in [-0.39, 0.29) is 6.42 Å². The topological polar surface area (TPSA) is 98.7 Å². The zero-order valence-corrected chi connectivity index (χ0v) is 10.0. The van der Waals surface area contributed by atoms with E-state index in [4.69, 9.17) is 5.11 Å². The lowest BCUT2D eigenvalue weighted by atomic mass is 10.1. The van der Waals surface area contributed by atoms with Crippen molar-refractivity contribution in [2.75, 3.05) is 19.6 Å². The number of rotatable bonds is 5. The summed E-state index contributed by atoms with van der Waals surface area (Å²) in [6.45, 7) is 4.59. The number of urea groups is 1. The van der Waals surface area contributed by atoms with Gasteiger partial charge in [-0.15, -0.1) is 6.58 Å². The van der Waals surface area contributed by atoms with Gasteiger partial charge in [-0.2, -0.15) is 0 Å². The van der Waals surface area contributed by atoms with Gasteiger partial charge in [0.1, 0.15) is 6.04 Å². The first-order chi connectivity index (χ1) is 8.56. The van der Waals surface area contributed by atoms with Gasteiger partial charge in [0.2, 0.25) is 5.91 Å². The third-order valence-corrected chi connectivity index (χ3v) is 2.58. The van der Waals surface area contributed by atoms with Gasteiger partial charge in [-0.1, -0.05) is 6.08 Å². The van der Waals surface area contributed by atoms with Crippen molar-refractivity contribution in [3.8, 4) is 0 Å². The molecule has 18 heavy (non-hydrogen) atoms. The molecule has 0 aromatic rings. The van der Waals surface area contributed by atoms with Gasteiger partial charge in [-0.25, -0.2) is 4.79 Å². The SMILES string of the molecule is C=CCCNC(=O)N1CCNC(=O)C1CC(=O)O. The smallest absolute Gasteiger partial charge is 0.318 e. The van der Waals surface area contributed by atoms with Crippen LogP contribution >= 0.6 is 0 Å². The van der Waals surface area contributed by atoms with Crippen LogP contribution in [0.1, 0.15) is 12.8 Å². The Hall–Kier alpha value is -2.05. The summed E-state index contributed by atoms with van der Waals surface area (Å²) in [5.41, 5.74) is 0. The van der Waals surface area contributed by atoms with Gasteiger partial charge in [0, 0.05) is 19.6 Å². The largest absolute Gasteiger partial charge is 0.481 e. The standard InChI is InChI=1S/C11H17N3O4/c1-2-3-4-13-11(18)14-6-5-12-10(17)8(14)7-9(15)16/h2,8H,1,3-7H2,(H,12,17)(H,13,18)(H,15,16). The highest BCUT2D eigenvalue weighted by atomic mass is 16.4. The van der Waals surface area contributed by atoms with Crippen LogP contribution in [-0.4, -0.2) is 53.6 Å². The minimum absolute atomic E-state index is 0.309. The highest BCUT2D eigenvalue weighted by Crippen LogP contribution is 2.09. The molecule has 3 N–H and O–H groups in total. The molecule has 1 saturated heterocycles. The molecule has 1 unspecified atom stereocenters. The number of carbonyl (C=O) groups excluding carboxylic acids is 2. The molecular formula is C11H17N3O4. The van der Waals surface area contributed by atoms with E-state index in [0.717, 1.165) is 0 Å². The van der Waals surface area contributed by atoms with Crippen LogP contribution in [0.25, 0.3) is 0 Å². The summed E-state index contributed by atoms with van der Waals surface area (Å²) in [5.74, 6) is -1.54. The summed E-state index contributed by atoms with van der Waals surface area (Å²) in [5, 5.41) is 13.9. The van der Waals surface area contributed by atoms with Crippen LogP contribution in [0, 0.1) is 0 Å². The molecule has 7 heteroatoms. The average Bonchev–Trinajstić information content (AvgIpc) is 2.31. The Kier molecular flexibility index (Phi) is 5.16. The highest BCUT2D eigenvalue weighted by molar-refractivity contribution is 5.91. The molecule has 100 valence electrons. The zero-order valence-electron chi connectivity index (χ0n) is 10.0. The van der Waals surface area contributed by atoms with Gasteiger partial charge in [-0.3, -0.25) is 9.59 Å². The Morgan fingerprint density at radius 1 is 1.61 bits per heavy atom. The lowest BCUT2D eigenvalue weighted by Crippen LogP contribution is -2.60. The number of nitrogens with zero attached hydrogens (tertiary/aromatic N) is 1. The van der Waals surface area contributed by atoms with Gasteiger partial charge >= 0.3 is 12.0 Å². The quantitative estimate of drug-likeness (QED) is 0.457. The highest BCUT2D eigenvalue weighted by Gasteiger charge is 2.34. The van der Waals surface area contributed by atoms with Crippen molar-refractivity contribution in [3.05, 3.63) is 12.7 Å². The van der Waals surface area contributed by atoms with Crippen LogP contribution < -0.4 is 10.6 Å². The number of nitrogens with one attached hydrogen (secondary N) is 2. The van der Waals surface area contributed by atoms with Crippen LogP contribution in [0.4, 0.5) is 4.79 Å². The molecule has 1 aliphatic heterocycles. The number of aliphatic carboxylic acids is 1. The van der Waals surface area contributed by atoms with E-state index in [9.17, 15) is 14.4 Å². The summed E-state index contributed by atoms with van der Waals surface area (Å²) < 4.78 is 0. The van der Waals surface area contributed by atoms with Crippen LogP contribution in [0.5, 0.6) is 0 Å². The molecule has 0 aliphatic carbocycles. The number of hydrogen-bond donors (Lipinski definition) is 3. The van der Waals surface area contributed by atoms with Gasteiger partial charge in [0.15, 0.2) is 0 Å². The van der Waals surface area contributed by atoms with Crippen LogP contribution in [0.3, 0.4) is 0 Å². The zero-order chi connectivity index (χ0) is 13.5. The van der Waals surface area contributed by atoms with Crippen molar-refractivity contribution in [2.24, 2.45) is 0 Å². The first kappa shape index (κ1) is 14.0. The van der Waals surface area contributed by atoms with E-state index in [2.05, 4.69) is 17.2 Å². The van der Waals surface area contributed by atoms with Crippen LogP contribution in [0.2, 0.25) is 0 Å². The normalized spacial score (nSPS) is 19.0. The fraction of sp³-hybridized carbons (Fsp3) is 0.545. The van der Waals surface area contributed by atoms with Crippen LogP contribution in [-0.2, 0) is 9.59 Å². The maximum Gasteiger partial charge on any atom is 0.318 e. The summed E-state index contributed by atoms with van der Waals surface area (Å²) in [4.78, 5) is 35.3. The lowest BCUT2D eigenvalue weighted by Gasteiger charge is -2.34. The first-order valence-corrected chi connectivity index (χ1v) is 5.71. The van der Waals surface area contributed by atoms with E-state index >= 15 is 0 Å². The predicted molar refractivity (Wildman–Crippen MR) is 64.0 cm³/mol. The minimum Gasteiger partial charge on any atom is -0.481 e. The monoisotopic (exact) mass is 255 g/mol. The fourth-order valence-corrected chi connectivity index (χ4v) is 1.71. The number of carbonyl (C=O) groups is 3. The first-order valence-electron chi connectivity index (χ1n) is 5.71. The lowest BCUT2D eigenvalue weighted by molar-refractivity contribution is -0.142. The molecule has 1 rings (SSSR count). The van der Waals surface area contributed by atoms with Crippen molar-refractivity contribution in [2.45, 2.75) is 18.9 Å². The second-order valence-corrected chi connectivity index (χ2v) is 3.91. The van der Waals surface area contributed by atoms with E-state index in [1.165, 1.54) is 4.90 Å². The molecule has 0 spiro atoms. The number of amides is 3. The molecule has 0 aromatic heterocycles. The Morgan fingerprint density at radius 3 is 2.94 bits per heavy atom. The summed E-state index contributed by atoms with van der Waals surface area (Å²) in [6, 6.07) is -1.36. The summed E-state index contributed by atoms with van der Waals surface area (Å²) in [6.07, 6.45) is 1.90. The third kappa shape index (κ3) is 3.76. The Balaban J connectivity index is 2.63. The second kappa shape index (κ2) is 6.63. The molecular weight excluding hydrogens is 238 g/mol. The second-order valence-electron chi connectivity index (χ2n) is 3.91. The minimum atomic E-state index is -1.11. The maximum absolute atomic E-state index is 11.8. The Bertz CT molecular complexity index is 356. The van der Waals surface area contributed by atoms with Gasteiger partial charge < -0.3 is 20.6 Å². The van der Waals surface area contributed by atoms with Crippen molar-refractivity contribution < 1.29 is 19.5 Å². The van der Waals surface area contributed by atoms with E-state index < -0.39 is 23.9 Å². The predicted octanol–water partition coefficient (Wildman–Crippen LogP) is -0.453. The number of carboxylic acids is 1. The van der Waals surface area contributed by atoms with Crippen molar-refractivity contribution in [1.82, 2.24) is 15.5 Å². The van der Waals surface area contributed by atoms with Gasteiger partial charge in [-0.05, 0) is 6.42 Å². The third-order valence-electron chi connectivity index (χ3n) is 2.58. The molecule has 7 nitrogen and oxygen atoms in total. The molecule has 0 saturated carbocycles. The van der Waals surface area contributed by atoms with Gasteiger partial charge in [0.05, 0.1) is 6.42 Å².